The van der Waals surface area contributed by atoms with Gasteiger partial charge in [-0.1, -0.05) is 23.8 Å². The molecule has 2 aromatic carbocycles. The van der Waals surface area contributed by atoms with Gasteiger partial charge in [-0.3, -0.25) is 0 Å². The van der Waals surface area contributed by atoms with E-state index in [1.807, 2.05) is 38.1 Å². The monoisotopic (exact) mass is 372 g/mol. The van der Waals surface area contributed by atoms with Gasteiger partial charge in [-0.25, -0.2) is 0 Å². The maximum Gasteiger partial charge on any atom is 0.171 e. The molecule has 0 bridgehead atoms. The first-order valence-corrected chi connectivity index (χ1v) is 9.39. The van der Waals surface area contributed by atoms with Crippen LogP contribution in [-0.2, 0) is 0 Å². The lowest BCUT2D eigenvalue weighted by atomic mass is 10.1. The van der Waals surface area contributed by atoms with Gasteiger partial charge >= 0.3 is 0 Å². The molecule has 26 heavy (non-hydrogen) atoms. The van der Waals surface area contributed by atoms with Crippen LogP contribution in [0.2, 0.25) is 0 Å². The van der Waals surface area contributed by atoms with Crippen LogP contribution < -0.4 is 20.1 Å². The van der Waals surface area contributed by atoms with Crippen LogP contribution in [-0.4, -0.2) is 18.3 Å². The molecule has 0 aliphatic heterocycles. The molecule has 4 nitrogen and oxygen atoms in total. The van der Waals surface area contributed by atoms with E-state index in [4.69, 9.17) is 21.7 Å². The smallest absolute Gasteiger partial charge is 0.171 e. The third kappa shape index (κ3) is 5.36. The van der Waals surface area contributed by atoms with E-state index in [9.17, 15) is 0 Å². The minimum absolute atomic E-state index is 0.0376. The number of nitrogens with one attached hydrogen (secondary N) is 2. The van der Waals surface area contributed by atoms with Crippen LogP contribution in [0.15, 0.2) is 36.4 Å². The molecule has 5 heteroatoms. The van der Waals surface area contributed by atoms with Crippen molar-refractivity contribution >= 4 is 23.0 Å². The lowest BCUT2D eigenvalue weighted by Crippen LogP contribution is -2.31. The Hall–Kier alpha value is -2.27. The van der Waals surface area contributed by atoms with Gasteiger partial charge in [0.15, 0.2) is 16.6 Å². The van der Waals surface area contributed by atoms with Gasteiger partial charge in [0.25, 0.3) is 0 Å². The van der Waals surface area contributed by atoms with Crippen LogP contribution >= 0.6 is 12.2 Å². The summed E-state index contributed by atoms with van der Waals surface area (Å²) >= 11 is 5.48. The van der Waals surface area contributed by atoms with Crippen LogP contribution in [0.4, 0.5) is 5.69 Å². The van der Waals surface area contributed by atoms with Gasteiger partial charge in [0.1, 0.15) is 0 Å². The molecule has 1 atom stereocenters. The zero-order chi connectivity index (χ0) is 19.1. The lowest BCUT2D eigenvalue weighted by molar-refractivity contribution is 0.287. The van der Waals surface area contributed by atoms with Crippen LogP contribution in [0.1, 0.15) is 43.5 Å². The van der Waals surface area contributed by atoms with Crippen molar-refractivity contribution in [1.82, 2.24) is 5.32 Å². The van der Waals surface area contributed by atoms with E-state index in [1.165, 1.54) is 11.1 Å². The number of benzene rings is 2. The lowest BCUT2D eigenvalue weighted by Gasteiger charge is -2.20. The predicted octanol–water partition coefficient (Wildman–Crippen LogP) is 5.15. The van der Waals surface area contributed by atoms with Crippen molar-refractivity contribution in [3.8, 4) is 11.5 Å². The Balaban J connectivity index is 2.07. The van der Waals surface area contributed by atoms with Crippen molar-refractivity contribution in [1.29, 1.82) is 0 Å². The molecule has 0 saturated heterocycles. The first-order valence-electron chi connectivity index (χ1n) is 8.98. The number of thiocarbonyl (C=S) groups is 1. The normalized spacial score (nSPS) is 11.6. The number of ether oxygens (including phenoxy) is 2. The van der Waals surface area contributed by atoms with Gasteiger partial charge in [-0.2, -0.15) is 0 Å². The average Bonchev–Trinajstić information content (AvgIpc) is 2.59. The van der Waals surface area contributed by atoms with Gasteiger partial charge in [0, 0.05) is 5.69 Å². The van der Waals surface area contributed by atoms with Crippen molar-refractivity contribution in [2.24, 2.45) is 0 Å². The summed E-state index contributed by atoms with van der Waals surface area (Å²) in [6.45, 7) is 11.4. The molecule has 0 unspecified atom stereocenters. The van der Waals surface area contributed by atoms with Crippen LogP contribution in [0.3, 0.4) is 0 Å². The van der Waals surface area contributed by atoms with E-state index < -0.39 is 0 Å². The summed E-state index contributed by atoms with van der Waals surface area (Å²) in [4.78, 5) is 0. The number of aryl methyl sites for hydroxylation is 2. The molecule has 0 radical (unpaired) electrons. The zero-order valence-corrected chi connectivity index (χ0v) is 17.0. The quantitative estimate of drug-likeness (QED) is 0.658. The Morgan fingerprint density at radius 1 is 1.00 bits per heavy atom. The Bertz CT molecular complexity index is 762. The molecule has 0 aromatic heterocycles. The fraction of sp³-hybridized carbons (Fsp3) is 0.381. The molecular weight excluding hydrogens is 344 g/mol. The van der Waals surface area contributed by atoms with Crippen LogP contribution in [0.25, 0.3) is 0 Å². The van der Waals surface area contributed by atoms with E-state index in [2.05, 4.69) is 43.5 Å². The zero-order valence-electron chi connectivity index (χ0n) is 16.2. The number of rotatable bonds is 7. The molecule has 0 aliphatic rings. The predicted molar refractivity (Wildman–Crippen MR) is 112 cm³/mol. The molecule has 0 fully saturated rings. The highest BCUT2D eigenvalue weighted by molar-refractivity contribution is 7.80. The molecule has 140 valence electrons. The summed E-state index contributed by atoms with van der Waals surface area (Å²) in [5.74, 6) is 1.52. The average molecular weight is 373 g/mol. The Morgan fingerprint density at radius 3 is 2.35 bits per heavy atom. The summed E-state index contributed by atoms with van der Waals surface area (Å²) in [5.41, 5.74) is 4.50. The van der Waals surface area contributed by atoms with Gasteiger partial charge in [0.2, 0.25) is 0 Å². The Kier molecular flexibility index (Phi) is 7.27. The standard InChI is InChI=1S/C21H28N2O2S/c1-6-24-19-11-9-17(13-20(19)25-7-2)16(5)22-21(26)23-18-10-8-14(3)12-15(18)4/h8-13,16H,6-7H2,1-5H3,(H2,22,23,26)/t16-/m1/s1. The number of anilines is 1. The van der Waals surface area contributed by atoms with E-state index in [0.29, 0.717) is 18.3 Å². The van der Waals surface area contributed by atoms with E-state index >= 15 is 0 Å². The number of hydrogen-bond donors (Lipinski definition) is 2. The topological polar surface area (TPSA) is 42.5 Å². The summed E-state index contributed by atoms with van der Waals surface area (Å²) in [6.07, 6.45) is 0. The molecule has 2 rings (SSSR count). The fourth-order valence-corrected chi connectivity index (χ4v) is 3.02. The minimum Gasteiger partial charge on any atom is -0.490 e. The van der Waals surface area contributed by atoms with E-state index in [1.54, 1.807) is 0 Å². The first kappa shape index (κ1) is 20.0. The second-order valence-electron chi connectivity index (χ2n) is 6.21. The van der Waals surface area contributed by atoms with Crippen LogP contribution in [0.5, 0.6) is 11.5 Å². The highest BCUT2D eigenvalue weighted by Gasteiger charge is 2.12. The largest absolute Gasteiger partial charge is 0.490 e. The third-order valence-corrected chi connectivity index (χ3v) is 4.27. The second kappa shape index (κ2) is 9.43. The van der Waals surface area contributed by atoms with E-state index in [0.717, 1.165) is 22.7 Å². The van der Waals surface area contributed by atoms with Gasteiger partial charge in [-0.15, -0.1) is 0 Å². The Morgan fingerprint density at radius 2 is 1.69 bits per heavy atom. The third-order valence-electron chi connectivity index (χ3n) is 4.05. The molecule has 2 aromatic rings. The van der Waals surface area contributed by atoms with E-state index in [-0.39, 0.29) is 6.04 Å². The molecule has 0 spiro atoms. The van der Waals surface area contributed by atoms with Crippen molar-refractivity contribution in [3.63, 3.8) is 0 Å². The summed E-state index contributed by atoms with van der Waals surface area (Å²) in [6, 6.07) is 12.3. The summed E-state index contributed by atoms with van der Waals surface area (Å²) in [5, 5.41) is 7.20. The Labute approximate surface area is 161 Å². The van der Waals surface area contributed by atoms with Crippen molar-refractivity contribution < 1.29 is 9.47 Å². The first-order chi connectivity index (χ1) is 12.4. The van der Waals surface area contributed by atoms with Gasteiger partial charge in [-0.05, 0) is 76.2 Å². The van der Waals surface area contributed by atoms with Crippen molar-refractivity contribution in [3.05, 3.63) is 53.1 Å². The molecule has 0 saturated carbocycles. The minimum atomic E-state index is 0.0376. The number of hydrogen-bond acceptors (Lipinski definition) is 3. The molecule has 0 amide bonds. The SMILES string of the molecule is CCOc1ccc([C@@H](C)NC(=S)Nc2ccc(C)cc2C)cc1OCC. The fourth-order valence-electron chi connectivity index (χ4n) is 2.73. The summed E-state index contributed by atoms with van der Waals surface area (Å²) < 4.78 is 11.3. The molecule has 2 N–H and O–H groups in total. The van der Waals surface area contributed by atoms with Gasteiger partial charge < -0.3 is 20.1 Å². The van der Waals surface area contributed by atoms with Crippen molar-refractivity contribution in [2.75, 3.05) is 18.5 Å². The highest BCUT2D eigenvalue weighted by atomic mass is 32.1. The van der Waals surface area contributed by atoms with Crippen LogP contribution in [0, 0.1) is 13.8 Å². The highest BCUT2D eigenvalue weighted by Crippen LogP contribution is 2.30. The summed E-state index contributed by atoms with van der Waals surface area (Å²) in [7, 11) is 0. The molecular formula is C21H28N2O2S. The maximum absolute atomic E-state index is 5.71. The molecule has 0 aliphatic carbocycles. The molecule has 0 heterocycles. The van der Waals surface area contributed by atoms with Crippen molar-refractivity contribution in [2.45, 2.75) is 40.7 Å². The second-order valence-corrected chi connectivity index (χ2v) is 6.62. The maximum atomic E-state index is 5.71. The van der Waals surface area contributed by atoms with Gasteiger partial charge in [0.05, 0.1) is 19.3 Å².